The molecule has 0 fully saturated rings. The van der Waals surface area contributed by atoms with Crippen LogP contribution in [0.1, 0.15) is 71.6 Å². The molecule has 2 N–H and O–H groups in total. The van der Waals surface area contributed by atoms with E-state index in [2.05, 4.69) is 80.0 Å². The van der Waals surface area contributed by atoms with Crippen LogP contribution < -0.4 is 5.32 Å². The molecule has 0 saturated carbocycles. The number of carbonyl (C=O) groups excluding carboxylic acids is 1. The van der Waals surface area contributed by atoms with Gasteiger partial charge in [0.15, 0.2) is 0 Å². The first-order chi connectivity index (χ1) is 12.2. The SMILES string of the molecule is CC[N+](C)(C)CCNC(=O)CCc1cc(C(C)(C)C)c(O)c(C(C)(C)C)c1. The van der Waals surface area contributed by atoms with Crippen LogP contribution in [0.25, 0.3) is 0 Å². The summed E-state index contributed by atoms with van der Waals surface area (Å²) in [5.41, 5.74) is 2.72. The number of phenols is 1. The Bertz CT molecular complexity index is 614. The molecule has 27 heavy (non-hydrogen) atoms. The van der Waals surface area contributed by atoms with Crippen molar-refractivity contribution in [2.75, 3.05) is 33.7 Å². The van der Waals surface area contributed by atoms with Crippen molar-refractivity contribution in [2.24, 2.45) is 0 Å². The summed E-state index contributed by atoms with van der Waals surface area (Å²) in [5.74, 6) is 0.483. The van der Waals surface area contributed by atoms with E-state index in [4.69, 9.17) is 0 Å². The normalized spacial score (nSPS) is 12.9. The molecule has 0 bridgehead atoms. The van der Waals surface area contributed by atoms with Crippen molar-refractivity contribution < 1.29 is 14.4 Å². The highest BCUT2D eigenvalue weighted by molar-refractivity contribution is 5.76. The molecule has 0 aliphatic carbocycles. The molecule has 1 aromatic carbocycles. The van der Waals surface area contributed by atoms with Gasteiger partial charge in [-0.2, -0.15) is 0 Å². The summed E-state index contributed by atoms with van der Waals surface area (Å²) in [6, 6.07) is 4.13. The molecule has 0 spiro atoms. The van der Waals surface area contributed by atoms with Gasteiger partial charge in [-0.3, -0.25) is 4.79 Å². The number of amides is 1. The number of phenolic OH excluding ortho intramolecular Hbond substituents is 1. The smallest absolute Gasteiger partial charge is 0.220 e. The third-order valence-electron chi connectivity index (χ3n) is 5.32. The second kappa shape index (κ2) is 8.64. The van der Waals surface area contributed by atoms with Gasteiger partial charge in [0.2, 0.25) is 5.91 Å². The number of quaternary nitrogens is 1. The molecule has 0 heterocycles. The average Bonchev–Trinajstić information content (AvgIpc) is 2.51. The Hall–Kier alpha value is -1.55. The number of hydrogen-bond donors (Lipinski definition) is 2. The zero-order chi connectivity index (χ0) is 21.0. The Morgan fingerprint density at radius 2 is 1.52 bits per heavy atom. The summed E-state index contributed by atoms with van der Waals surface area (Å²) < 4.78 is 0.905. The Morgan fingerprint density at radius 3 is 1.93 bits per heavy atom. The van der Waals surface area contributed by atoms with E-state index in [1.54, 1.807) is 0 Å². The van der Waals surface area contributed by atoms with Crippen LogP contribution in [0.2, 0.25) is 0 Å². The van der Waals surface area contributed by atoms with Crippen LogP contribution in [-0.4, -0.2) is 49.2 Å². The maximum Gasteiger partial charge on any atom is 0.220 e. The van der Waals surface area contributed by atoms with Crippen molar-refractivity contribution in [3.8, 4) is 5.75 Å². The molecule has 0 radical (unpaired) electrons. The van der Waals surface area contributed by atoms with Gasteiger partial charge in [0, 0.05) is 6.42 Å². The second-order valence-electron chi connectivity index (χ2n) is 10.4. The number of rotatable bonds is 7. The fourth-order valence-corrected chi connectivity index (χ4v) is 2.98. The van der Waals surface area contributed by atoms with Crippen molar-refractivity contribution >= 4 is 5.91 Å². The van der Waals surface area contributed by atoms with Gasteiger partial charge in [0.05, 0.1) is 33.7 Å². The third kappa shape index (κ3) is 7.17. The predicted molar refractivity (Wildman–Crippen MR) is 114 cm³/mol. The van der Waals surface area contributed by atoms with Gasteiger partial charge in [0.1, 0.15) is 5.75 Å². The molecule has 0 saturated heterocycles. The number of likely N-dealkylation sites (N-methyl/N-ethyl adjacent to an activating group) is 1. The van der Waals surface area contributed by atoms with Gasteiger partial charge in [-0.05, 0) is 40.9 Å². The van der Waals surface area contributed by atoms with E-state index in [0.29, 0.717) is 25.1 Å². The highest BCUT2D eigenvalue weighted by Gasteiger charge is 2.26. The van der Waals surface area contributed by atoms with E-state index in [-0.39, 0.29) is 16.7 Å². The molecule has 1 aromatic rings. The van der Waals surface area contributed by atoms with Crippen molar-refractivity contribution in [1.29, 1.82) is 0 Å². The summed E-state index contributed by atoms with van der Waals surface area (Å²) in [6.45, 7) is 17.5. The first-order valence-electron chi connectivity index (χ1n) is 10.1. The number of carbonyl (C=O) groups is 1. The van der Waals surface area contributed by atoms with Crippen LogP contribution in [-0.2, 0) is 22.0 Å². The molecule has 154 valence electrons. The molecule has 1 amide bonds. The number of aromatic hydroxyl groups is 1. The molecule has 0 atom stereocenters. The lowest BCUT2D eigenvalue weighted by atomic mass is 9.78. The Balaban J connectivity index is 2.87. The largest absolute Gasteiger partial charge is 0.507 e. The number of aryl methyl sites for hydroxylation is 1. The second-order valence-corrected chi connectivity index (χ2v) is 10.4. The molecule has 4 nitrogen and oxygen atoms in total. The van der Waals surface area contributed by atoms with Crippen LogP contribution in [0.5, 0.6) is 5.75 Å². The first-order valence-corrected chi connectivity index (χ1v) is 10.1. The van der Waals surface area contributed by atoms with Gasteiger partial charge in [0.25, 0.3) is 0 Å². The molecule has 1 rings (SSSR count). The predicted octanol–water partition coefficient (Wildman–Crippen LogP) is 4.13. The van der Waals surface area contributed by atoms with E-state index in [0.717, 1.165) is 34.3 Å². The summed E-state index contributed by atoms with van der Waals surface area (Å²) in [4.78, 5) is 12.3. The lowest BCUT2D eigenvalue weighted by molar-refractivity contribution is -0.887. The van der Waals surface area contributed by atoms with E-state index < -0.39 is 0 Å². The molecule has 0 aromatic heterocycles. The highest BCUT2D eigenvalue weighted by atomic mass is 16.3. The van der Waals surface area contributed by atoms with Crippen molar-refractivity contribution in [3.05, 3.63) is 28.8 Å². The van der Waals surface area contributed by atoms with E-state index in [1.807, 2.05) is 0 Å². The number of benzene rings is 1. The van der Waals surface area contributed by atoms with E-state index >= 15 is 0 Å². The third-order valence-corrected chi connectivity index (χ3v) is 5.32. The van der Waals surface area contributed by atoms with Gasteiger partial charge in [-0.15, -0.1) is 0 Å². The maximum absolute atomic E-state index is 12.3. The lowest BCUT2D eigenvalue weighted by Gasteiger charge is -2.28. The summed E-state index contributed by atoms with van der Waals surface area (Å²) in [7, 11) is 4.34. The molecule has 0 aliphatic heterocycles. The Kier molecular flexibility index (Phi) is 7.52. The fourth-order valence-electron chi connectivity index (χ4n) is 2.98. The highest BCUT2D eigenvalue weighted by Crippen LogP contribution is 2.39. The Morgan fingerprint density at radius 1 is 1.04 bits per heavy atom. The zero-order valence-electron chi connectivity index (χ0n) is 19.0. The molecule has 4 heteroatoms. The molecule has 0 aliphatic rings. The summed E-state index contributed by atoms with van der Waals surface area (Å²) in [5, 5.41) is 13.8. The summed E-state index contributed by atoms with van der Waals surface area (Å²) in [6.07, 6.45) is 1.15. The molecular formula is C23H41N2O2+. The van der Waals surface area contributed by atoms with Crippen LogP contribution in [0.3, 0.4) is 0 Å². The van der Waals surface area contributed by atoms with Gasteiger partial charge >= 0.3 is 0 Å². The maximum atomic E-state index is 12.3. The summed E-state index contributed by atoms with van der Waals surface area (Å²) >= 11 is 0. The number of nitrogens with zero attached hydrogens (tertiary/aromatic N) is 1. The molecule has 0 unspecified atom stereocenters. The number of nitrogens with one attached hydrogen (secondary N) is 1. The van der Waals surface area contributed by atoms with Crippen LogP contribution in [0, 0.1) is 0 Å². The zero-order valence-corrected chi connectivity index (χ0v) is 19.0. The van der Waals surface area contributed by atoms with Crippen LogP contribution in [0.4, 0.5) is 0 Å². The van der Waals surface area contributed by atoms with E-state index in [9.17, 15) is 9.90 Å². The topological polar surface area (TPSA) is 49.3 Å². The fraction of sp³-hybridized carbons (Fsp3) is 0.696. The lowest BCUT2D eigenvalue weighted by Crippen LogP contribution is -2.45. The molecular weight excluding hydrogens is 336 g/mol. The van der Waals surface area contributed by atoms with Crippen molar-refractivity contribution in [3.63, 3.8) is 0 Å². The quantitative estimate of drug-likeness (QED) is 0.702. The first kappa shape index (κ1) is 23.5. The van der Waals surface area contributed by atoms with Crippen molar-refractivity contribution in [1.82, 2.24) is 5.32 Å². The van der Waals surface area contributed by atoms with Gasteiger partial charge in [-0.1, -0.05) is 53.7 Å². The monoisotopic (exact) mass is 377 g/mol. The minimum atomic E-state index is -0.147. The van der Waals surface area contributed by atoms with Crippen LogP contribution >= 0.6 is 0 Å². The van der Waals surface area contributed by atoms with Gasteiger partial charge in [-0.25, -0.2) is 0 Å². The minimum absolute atomic E-state index is 0.0915. The Labute approximate surface area is 166 Å². The van der Waals surface area contributed by atoms with E-state index in [1.165, 1.54) is 0 Å². The standard InChI is InChI=1S/C23H40N2O2/c1-10-25(8,9)14-13-24-20(26)12-11-17-15-18(22(2,3)4)21(27)19(16-17)23(5,6)7/h15-16H,10-14H2,1-9H3,(H-,24,26,27)/p+1. The average molecular weight is 378 g/mol. The minimum Gasteiger partial charge on any atom is -0.507 e. The number of hydrogen-bond acceptors (Lipinski definition) is 2. The van der Waals surface area contributed by atoms with Crippen molar-refractivity contribution in [2.45, 2.75) is 72.1 Å². The van der Waals surface area contributed by atoms with Crippen LogP contribution in [0.15, 0.2) is 12.1 Å². The van der Waals surface area contributed by atoms with Gasteiger partial charge < -0.3 is 14.9 Å².